The first-order chi connectivity index (χ1) is 6.81. The van der Waals surface area contributed by atoms with Crippen LogP contribution in [0.15, 0.2) is 30.6 Å². The molecule has 0 spiro atoms. The summed E-state index contributed by atoms with van der Waals surface area (Å²) in [6.45, 7) is 0. The summed E-state index contributed by atoms with van der Waals surface area (Å²) in [5.41, 5.74) is 2.36. The fourth-order valence-electron chi connectivity index (χ4n) is 1.29. The third kappa shape index (κ3) is 2.22. The van der Waals surface area contributed by atoms with Crippen LogP contribution >= 0.6 is 12.4 Å². The lowest BCUT2D eigenvalue weighted by Gasteiger charge is -1.92. The number of carbonyl (C=O) groups excluding carboxylic acids is 1. The highest BCUT2D eigenvalue weighted by Crippen LogP contribution is 2.17. The average Bonchev–Trinajstić information content (AvgIpc) is 2.86. The molecule has 2 aromatic heterocycles. The van der Waals surface area contributed by atoms with Crippen LogP contribution in [0.25, 0.3) is 11.3 Å². The van der Waals surface area contributed by atoms with Gasteiger partial charge in [-0.1, -0.05) is 0 Å². The molecule has 80 valence electrons. The van der Waals surface area contributed by atoms with Crippen LogP contribution in [0.4, 0.5) is 0 Å². The van der Waals surface area contributed by atoms with E-state index in [0.717, 1.165) is 11.3 Å². The van der Waals surface area contributed by atoms with Crippen molar-refractivity contribution in [2.24, 2.45) is 0 Å². The minimum absolute atomic E-state index is 0. The summed E-state index contributed by atoms with van der Waals surface area (Å²) >= 11 is 0. The van der Waals surface area contributed by atoms with Crippen LogP contribution in [0.1, 0.15) is 10.5 Å². The predicted octanol–water partition coefficient (Wildman–Crippen LogP) is 2.22. The number of halogens is 1. The van der Waals surface area contributed by atoms with Gasteiger partial charge in [0.2, 0.25) is 0 Å². The van der Waals surface area contributed by atoms with Gasteiger partial charge in [0.15, 0.2) is 0 Å². The van der Waals surface area contributed by atoms with E-state index in [2.05, 4.69) is 14.7 Å². The Bertz CT molecular complexity index is 434. The van der Waals surface area contributed by atoms with Gasteiger partial charge >= 0.3 is 5.97 Å². The second-order valence-corrected chi connectivity index (χ2v) is 2.88. The first kappa shape index (κ1) is 11.4. The summed E-state index contributed by atoms with van der Waals surface area (Å²) in [6, 6.07) is 5.59. The van der Waals surface area contributed by atoms with Crippen LogP contribution in [-0.2, 0) is 4.74 Å². The second kappa shape index (κ2) is 4.70. The third-order valence-corrected chi connectivity index (χ3v) is 2.00. The molecule has 2 N–H and O–H groups in total. The first-order valence-electron chi connectivity index (χ1n) is 4.22. The Morgan fingerprint density at radius 2 is 2.20 bits per heavy atom. The summed E-state index contributed by atoms with van der Waals surface area (Å²) in [5.74, 6) is -0.359. The van der Waals surface area contributed by atoms with Crippen LogP contribution in [0.3, 0.4) is 0 Å². The molecule has 0 aliphatic heterocycles. The molecule has 2 rings (SSSR count). The molecule has 0 bridgehead atoms. The molecule has 15 heavy (non-hydrogen) atoms. The van der Waals surface area contributed by atoms with Crippen LogP contribution in [0.2, 0.25) is 0 Å². The number of nitrogens with one attached hydrogen (secondary N) is 2. The maximum absolute atomic E-state index is 11.1. The van der Waals surface area contributed by atoms with Crippen molar-refractivity contribution in [2.75, 3.05) is 7.11 Å². The lowest BCUT2D eigenvalue weighted by atomic mass is 10.2. The fourth-order valence-corrected chi connectivity index (χ4v) is 1.29. The third-order valence-electron chi connectivity index (χ3n) is 2.00. The monoisotopic (exact) mass is 226 g/mol. The normalized spacial score (nSPS) is 9.40. The van der Waals surface area contributed by atoms with Crippen molar-refractivity contribution < 1.29 is 9.53 Å². The van der Waals surface area contributed by atoms with E-state index in [4.69, 9.17) is 0 Å². The van der Waals surface area contributed by atoms with Gasteiger partial charge in [0, 0.05) is 23.7 Å². The smallest absolute Gasteiger partial charge is 0.354 e. The number of hydrogen-bond acceptors (Lipinski definition) is 2. The number of rotatable bonds is 2. The molecule has 0 aliphatic rings. The molecular formula is C10H11ClN2O2. The van der Waals surface area contributed by atoms with Crippen molar-refractivity contribution in [3.63, 3.8) is 0 Å². The van der Waals surface area contributed by atoms with E-state index in [1.54, 1.807) is 12.3 Å². The lowest BCUT2D eigenvalue weighted by Crippen LogP contribution is -2.00. The average molecular weight is 227 g/mol. The number of methoxy groups -OCH3 is 1. The van der Waals surface area contributed by atoms with E-state index in [-0.39, 0.29) is 18.4 Å². The van der Waals surface area contributed by atoms with E-state index in [0.29, 0.717) is 5.69 Å². The SMILES string of the molecule is COC(=O)c1cc(-c2ccc[nH]2)c[nH]1.Cl. The first-order valence-corrected chi connectivity index (χ1v) is 4.22. The quantitative estimate of drug-likeness (QED) is 0.772. The summed E-state index contributed by atoms with van der Waals surface area (Å²) in [7, 11) is 1.36. The molecule has 2 aromatic rings. The fraction of sp³-hybridized carbons (Fsp3) is 0.100. The zero-order chi connectivity index (χ0) is 9.97. The largest absolute Gasteiger partial charge is 0.464 e. The van der Waals surface area contributed by atoms with Crippen LogP contribution < -0.4 is 0 Å². The minimum atomic E-state index is -0.359. The number of carbonyl (C=O) groups is 1. The van der Waals surface area contributed by atoms with Crippen molar-refractivity contribution >= 4 is 18.4 Å². The van der Waals surface area contributed by atoms with E-state index in [1.807, 2.05) is 18.3 Å². The number of aromatic amines is 2. The molecule has 0 radical (unpaired) electrons. The summed E-state index contributed by atoms with van der Waals surface area (Å²) in [5, 5.41) is 0. The Labute approximate surface area is 93.1 Å². The van der Waals surface area contributed by atoms with E-state index in [9.17, 15) is 4.79 Å². The number of esters is 1. The van der Waals surface area contributed by atoms with Gasteiger partial charge < -0.3 is 14.7 Å². The molecule has 0 aromatic carbocycles. The van der Waals surface area contributed by atoms with Gasteiger partial charge in [-0.2, -0.15) is 0 Å². The highest BCUT2D eigenvalue weighted by atomic mass is 35.5. The zero-order valence-corrected chi connectivity index (χ0v) is 8.93. The minimum Gasteiger partial charge on any atom is -0.464 e. The zero-order valence-electron chi connectivity index (χ0n) is 8.11. The summed E-state index contributed by atoms with van der Waals surface area (Å²) in [6.07, 6.45) is 3.60. The predicted molar refractivity (Wildman–Crippen MR) is 59.2 cm³/mol. The van der Waals surface area contributed by atoms with Gasteiger partial charge in [-0.3, -0.25) is 0 Å². The lowest BCUT2D eigenvalue weighted by molar-refractivity contribution is 0.0595. The molecule has 0 fully saturated rings. The standard InChI is InChI=1S/C10H10N2O2.ClH/c1-14-10(13)9-5-7(6-12-9)8-3-2-4-11-8;/h2-6,11-12H,1H3;1H. The van der Waals surface area contributed by atoms with Gasteiger partial charge in [-0.15, -0.1) is 12.4 Å². The molecule has 0 amide bonds. The van der Waals surface area contributed by atoms with Crippen molar-refractivity contribution in [1.29, 1.82) is 0 Å². The molecule has 2 heterocycles. The van der Waals surface area contributed by atoms with Crippen LogP contribution in [-0.4, -0.2) is 23.0 Å². The van der Waals surface area contributed by atoms with Gasteiger partial charge in [0.25, 0.3) is 0 Å². The summed E-state index contributed by atoms with van der Waals surface area (Å²) in [4.78, 5) is 17.0. The molecule has 0 aliphatic carbocycles. The number of ether oxygens (including phenoxy) is 1. The molecular weight excluding hydrogens is 216 g/mol. The Hall–Kier alpha value is -1.68. The van der Waals surface area contributed by atoms with Crippen LogP contribution in [0.5, 0.6) is 0 Å². The molecule has 0 saturated heterocycles. The molecule has 4 nitrogen and oxygen atoms in total. The molecule has 0 saturated carbocycles. The molecule has 0 unspecified atom stereocenters. The summed E-state index contributed by atoms with van der Waals surface area (Å²) < 4.78 is 4.59. The highest BCUT2D eigenvalue weighted by Gasteiger charge is 2.09. The van der Waals surface area contributed by atoms with E-state index < -0.39 is 0 Å². The van der Waals surface area contributed by atoms with Crippen molar-refractivity contribution in [2.45, 2.75) is 0 Å². The molecule has 5 heteroatoms. The number of H-pyrrole nitrogens is 2. The molecule has 0 atom stereocenters. The van der Waals surface area contributed by atoms with Crippen molar-refractivity contribution in [3.05, 3.63) is 36.3 Å². The Morgan fingerprint density at radius 1 is 1.40 bits per heavy atom. The highest BCUT2D eigenvalue weighted by molar-refractivity contribution is 5.89. The Morgan fingerprint density at radius 3 is 2.80 bits per heavy atom. The van der Waals surface area contributed by atoms with Gasteiger partial charge in [0.05, 0.1) is 7.11 Å². The van der Waals surface area contributed by atoms with Crippen LogP contribution in [0, 0.1) is 0 Å². The van der Waals surface area contributed by atoms with Crippen molar-refractivity contribution in [3.8, 4) is 11.3 Å². The second-order valence-electron chi connectivity index (χ2n) is 2.88. The Balaban J connectivity index is 0.00000112. The maximum atomic E-state index is 11.1. The topological polar surface area (TPSA) is 57.9 Å². The van der Waals surface area contributed by atoms with Crippen molar-refractivity contribution in [1.82, 2.24) is 9.97 Å². The van der Waals surface area contributed by atoms with Gasteiger partial charge in [-0.25, -0.2) is 4.79 Å². The number of aromatic nitrogens is 2. The van der Waals surface area contributed by atoms with Gasteiger partial charge in [-0.05, 0) is 18.2 Å². The Kier molecular flexibility index (Phi) is 3.57. The van der Waals surface area contributed by atoms with E-state index >= 15 is 0 Å². The van der Waals surface area contributed by atoms with E-state index in [1.165, 1.54) is 7.11 Å². The maximum Gasteiger partial charge on any atom is 0.354 e. The van der Waals surface area contributed by atoms with Gasteiger partial charge in [0.1, 0.15) is 5.69 Å². The number of hydrogen-bond donors (Lipinski definition) is 2.